The van der Waals surface area contributed by atoms with Crippen molar-refractivity contribution in [1.82, 2.24) is 9.55 Å². The highest BCUT2D eigenvalue weighted by atomic mass is 32.1. The number of aliphatic hydroxyl groups is 1. The van der Waals surface area contributed by atoms with Gasteiger partial charge >= 0.3 is 0 Å². The molecule has 0 spiro atoms. The van der Waals surface area contributed by atoms with Crippen LogP contribution in [0.15, 0.2) is 36.4 Å². The molecule has 2 aromatic heterocycles. The Hall–Kier alpha value is -1.85. The van der Waals surface area contributed by atoms with Crippen LogP contribution in [-0.2, 0) is 6.54 Å². The third kappa shape index (κ3) is 1.77. The van der Waals surface area contributed by atoms with Gasteiger partial charge in [0.15, 0.2) is 5.82 Å². The molecule has 0 saturated carbocycles. The van der Waals surface area contributed by atoms with Crippen molar-refractivity contribution in [2.75, 3.05) is 12.3 Å². The van der Waals surface area contributed by atoms with Gasteiger partial charge in [0.25, 0.3) is 0 Å². The lowest BCUT2D eigenvalue weighted by molar-refractivity contribution is 0.278. The van der Waals surface area contributed by atoms with Crippen LogP contribution in [0.2, 0.25) is 0 Å². The molecule has 2 heterocycles. The number of fused-ring (bicyclic) bond motifs is 1. The van der Waals surface area contributed by atoms with Gasteiger partial charge in [-0.1, -0.05) is 12.1 Å². The number of nitrogens with zero attached hydrogens (tertiary/aromatic N) is 2. The maximum absolute atomic E-state index is 9.20. The van der Waals surface area contributed by atoms with E-state index in [0.29, 0.717) is 6.54 Å². The average Bonchev–Trinajstić information content (AvgIpc) is 2.95. The Morgan fingerprint density at radius 2 is 2.06 bits per heavy atom. The van der Waals surface area contributed by atoms with Crippen LogP contribution in [0.25, 0.3) is 21.7 Å². The molecule has 0 fully saturated rings. The number of anilines is 1. The number of rotatable bonds is 3. The first-order chi connectivity index (χ1) is 8.79. The number of aromatic nitrogens is 2. The minimum Gasteiger partial charge on any atom is -0.395 e. The first-order valence-corrected chi connectivity index (χ1v) is 6.53. The summed E-state index contributed by atoms with van der Waals surface area (Å²) in [5, 5.41) is 9.98. The predicted octanol–water partition coefficient (Wildman–Crippen LogP) is 2.34. The van der Waals surface area contributed by atoms with E-state index < -0.39 is 0 Å². The first-order valence-electron chi connectivity index (χ1n) is 5.71. The molecule has 0 saturated heterocycles. The van der Waals surface area contributed by atoms with Gasteiger partial charge in [-0.2, -0.15) is 0 Å². The van der Waals surface area contributed by atoms with Crippen molar-refractivity contribution in [3.63, 3.8) is 0 Å². The van der Waals surface area contributed by atoms with Crippen molar-refractivity contribution in [1.29, 1.82) is 0 Å². The Balaban J connectivity index is 2.24. The van der Waals surface area contributed by atoms with Crippen LogP contribution in [-0.4, -0.2) is 21.3 Å². The van der Waals surface area contributed by atoms with Crippen LogP contribution in [0, 0.1) is 0 Å². The number of hydrogen-bond donors (Lipinski definition) is 2. The Morgan fingerprint density at radius 3 is 2.78 bits per heavy atom. The third-order valence-electron chi connectivity index (χ3n) is 2.83. The van der Waals surface area contributed by atoms with E-state index in [-0.39, 0.29) is 6.61 Å². The van der Waals surface area contributed by atoms with Crippen LogP contribution in [0.1, 0.15) is 0 Å². The van der Waals surface area contributed by atoms with Crippen molar-refractivity contribution in [3.05, 3.63) is 36.4 Å². The van der Waals surface area contributed by atoms with Gasteiger partial charge in [-0.25, -0.2) is 4.98 Å². The van der Waals surface area contributed by atoms with Crippen LogP contribution in [0.4, 0.5) is 5.00 Å². The molecule has 0 bridgehead atoms. The lowest BCUT2D eigenvalue weighted by atomic mass is 10.3. The first kappa shape index (κ1) is 11.3. The van der Waals surface area contributed by atoms with Crippen LogP contribution in [0.3, 0.4) is 0 Å². The second-order valence-electron chi connectivity index (χ2n) is 4.00. The fourth-order valence-corrected chi connectivity index (χ4v) is 2.84. The van der Waals surface area contributed by atoms with Gasteiger partial charge in [0, 0.05) is 6.54 Å². The number of nitrogen functional groups attached to an aromatic ring is 1. The highest BCUT2D eigenvalue weighted by Gasteiger charge is 2.13. The van der Waals surface area contributed by atoms with Gasteiger partial charge in [-0.3, -0.25) is 0 Å². The van der Waals surface area contributed by atoms with E-state index in [4.69, 9.17) is 5.73 Å². The maximum Gasteiger partial charge on any atom is 0.151 e. The molecule has 3 rings (SSSR count). The average molecular weight is 259 g/mol. The maximum atomic E-state index is 9.20. The van der Waals surface area contributed by atoms with Crippen molar-refractivity contribution in [3.8, 4) is 10.7 Å². The number of imidazole rings is 1. The van der Waals surface area contributed by atoms with Crippen molar-refractivity contribution in [2.24, 2.45) is 0 Å². The molecule has 0 aliphatic rings. The monoisotopic (exact) mass is 259 g/mol. The summed E-state index contributed by atoms with van der Waals surface area (Å²) in [5.74, 6) is 0.868. The molecule has 0 atom stereocenters. The lowest BCUT2D eigenvalue weighted by Crippen LogP contribution is -2.03. The van der Waals surface area contributed by atoms with Crippen molar-refractivity contribution in [2.45, 2.75) is 6.54 Å². The second-order valence-corrected chi connectivity index (χ2v) is 5.12. The number of thiophene rings is 1. The van der Waals surface area contributed by atoms with Crippen molar-refractivity contribution >= 4 is 27.4 Å². The summed E-state index contributed by atoms with van der Waals surface area (Å²) in [6.07, 6.45) is 0. The minimum atomic E-state index is 0.0915. The quantitative estimate of drug-likeness (QED) is 0.758. The fraction of sp³-hybridized carbons (Fsp3) is 0.154. The highest BCUT2D eigenvalue weighted by Crippen LogP contribution is 2.31. The molecule has 1 aromatic carbocycles. The van der Waals surface area contributed by atoms with E-state index in [1.807, 2.05) is 41.0 Å². The lowest BCUT2D eigenvalue weighted by Gasteiger charge is -2.05. The van der Waals surface area contributed by atoms with Gasteiger partial charge in [0.05, 0.1) is 27.5 Å². The zero-order chi connectivity index (χ0) is 12.5. The number of benzene rings is 1. The number of aliphatic hydroxyl groups excluding tert-OH is 1. The van der Waals surface area contributed by atoms with E-state index in [9.17, 15) is 5.11 Å². The normalized spacial score (nSPS) is 11.2. The standard InChI is InChI=1S/C13H13N3OS/c14-12-6-5-11(18-12)13-15-9-3-1-2-4-10(9)16(13)7-8-17/h1-6,17H,7-8,14H2. The smallest absolute Gasteiger partial charge is 0.151 e. The number of nitrogens with two attached hydrogens (primary N) is 1. The molecule has 0 aliphatic heterocycles. The van der Waals surface area contributed by atoms with Crippen molar-refractivity contribution < 1.29 is 5.11 Å². The molecule has 0 amide bonds. The highest BCUT2D eigenvalue weighted by molar-refractivity contribution is 7.19. The Bertz CT molecular complexity index is 686. The molecule has 5 heteroatoms. The summed E-state index contributed by atoms with van der Waals surface area (Å²) >= 11 is 1.51. The Morgan fingerprint density at radius 1 is 1.22 bits per heavy atom. The largest absolute Gasteiger partial charge is 0.395 e. The third-order valence-corrected chi connectivity index (χ3v) is 3.74. The molecule has 4 nitrogen and oxygen atoms in total. The number of hydrogen-bond acceptors (Lipinski definition) is 4. The summed E-state index contributed by atoms with van der Waals surface area (Å²) in [7, 11) is 0. The van der Waals surface area contributed by atoms with Gasteiger partial charge in [-0.05, 0) is 24.3 Å². The molecule has 0 unspecified atom stereocenters. The van der Waals surface area contributed by atoms with Crippen LogP contribution < -0.4 is 5.73 Å². The molecular formula is C13H13N3OS. The van der Waals surface area contributed by atoms with Crippen LogP contribution >= 0.6 is 11.3 Å². The Labute approximate surface area is 108 Å². The Kier molecular flexibility index (Phi) is 2.77. The van der Waals surface area contributed by atoms with Gasteiger partial charge in [0.1, 0.15) is 0 Å². The molecule has 3 N–H and O–H groups in total. The summed E-state index contributed by atoms with van der Waals surface area (Å²) in [6, 6.07) is 11.8. The molecular weight excluding hydrogens is 246 g/mol. The van der Waals surface area contributed by atoms with E-state index in [0.717, 1.165) is 26.7 Å². The summed E-state index contributed by atoms with van der Waals surface area (Å²) in [5.41, 5.74) is 7.74. The predicted molar refractivity (Wildman–Crippen MR) is 74.5 cm³/mol. The minimum absolute atomic E-state index is 0.0915. The zero-order valence-electron chi connectivity index (χ0n) is 9.71. The molecule has 92 valence electrons. The van der Waals surface area contributed by atoms with Gasteiger partial charge < -0.3 is 15.4 Å². The SMILES string of the molecule is Nc1ccc(-c2nc3ccccc3n2CCO)s1. The second kappa shape index (κ2) is 4.44. The fourth-order valence-electron chi connectivity index (χ4n) is 2.06. The topological polar surface area (TPSA) is 64.1 Å². The van der Waals surface area contributed by atoms with E-state index >= 15 is 0 Å². The van der Waals surface area contributed by atoms with Gasteiger partial charge in [0.2, 0.25) is 0 Å². The summed E-state index contributed by atoms with van der Waals surface area (Å²) in [6.45, 7) is 0.627. The van der Waals surface area contributed by atoms with Crippen LogP contribution in [0.5, 0.6) is 0 Å². The molecule has 3 aromatic rings. The van der Waals surface area contributed by atoms with E-state index in [1.54, 1.807) is 0 Å². The summed E-state index contributed by atoms with van der Waals surface area (Å²) < 4.78 is 2.03. The van der Waals surface area contributed by atoms with E-state index in [2.05, 4.69) is 4.98 Å². The van der Waals surface area contributed by atoms with E-state index in [1.165, 1.54) is 11.3 Å². The summed E-state index contributed by atoms with van der Waals surface area (Å²) in [4.78, 5) is 5.65. The molecule has 0 aliphatic carbocycles. The zero-order valence-corrected chi connectivity index (χ0v) is 10.5. The number of para-hydroxylation sites is 2. The molecule has 0 radical (unpaired) electrons. The molecule has 18 heavy (non-hydrogen) atoms. The van der Waals surface area contributed by atoms with Gasteiger partial charge in [-0.15, -0.1) is 11.3 Å².